The number of rotatable bonds is 3. The van der Waals surface area contributed by atoms with E-state index < -0.39 is 0 Å². The Balaban J connectivity index is 3.10. The molecule has 0 aromatic carbocycles. The lowest BCUT2D eigenvalue weighted by molar-refractivity contribution is 0.111. The molecule has 4 heteroatoms. The number of aldehydes is 1. The van der Waals surface area contributed by atoms with Crippen LogP contribution < -0.4 is 4.74 Å². The van der Waals surface area contributed by atoms with Crippen molar-refractivity contribution in [2.45, 2.75) is 13.3 Å². The molecular formula is C8H10N2O2. The molecule has 0 saturated carbocycles. The first-order valence-electron chi connectivity index (χ1n) is 3.67. The van der Waals surface area contributed by atoms with E-state index in [1.807, 2.05) is 6.92 Å². The van der Waals surface area contributed by atoms with Crippen LogP contribution in [0.15, 0.2) is 6.20 Å². The predicted molar refractivity (Wildman–Crippen MR) is 43.3 cm³/mol. The lowest BCUT2D eigenvalue weighted by Gasteiger charge is -2.01. The molecule has 0 aliphatic heterocycles. The summed E-state index contributed by atoms with van der Waals surface area (Å²) in [6.07, 6.45) is 3.01. The average Bonchev–Trinajstić information content (AvgIpc) is 2.16. The van der Waals surface area contributed by atoms with Crippen LogP contribution in [0.2, 0.25) is 0 Å². The molecule has 0 radical (unpaired) electrons. The van der Waals surface area contributed by atoms with Crippen molar-refractivity contribution in [1.29, 1.82) is 0 Å². The molecular weight excluding hydrogens is 156 g/mol. The van der Waals surface area contributed by atoms with Crippen molar-refractivity contribution in [2.24, 2.45) is 0 Å². The van der Waals surface area contributed by atoms with Gasteiger partial charge in [0.15, 0.2) is 12.0 Å². The number of carbonyl (C=O) groups excluding carboxylic acids is 1. The van der Waals surface area contributed by atoms with Gasteiger partial charge in [-0.1, -0.05) is 6.92 Å². The quantitative estimate of drug-likeness (QED) is 0.625. The van der Waals surface area contributed by atoms with E-state index in [9.17, 15) is 4.79 Å². The third-order valence-corrected chi connectivity index (χ3v) is 1.48. The monoisotopic (exact) mass is 166 g/mol. The predicted octanol–water partition coefficient (Wildman–Crippen LogP) is 0.860. The Morgan fingerprint density at radius 1 is 1.67 bits per heavy atom. The minimum atomic E-state index is 0.261. The maximum atomic E-state index is 10.5. The molecule has 1 rings (SSSR count). The lowest BCUT2D eigenvalue weighted by atomic mass is 10.3. The normalized spacial score (nSPS) is 9.50. The SMILES string of the molecule is CCc1cnc(OC)c(C=O)n1. The van der Waals surface area contributed by atoms with E-state index in [1.165, 1.54) is 7.11 Å². The molecule has 64 valence electrons. The molecule has 0 unspecified atom stereocenters. The first kappa shape index (κ1) is 8.64. The summed E-state index contributed by atoms with van der Waals surface area (Å²) in [7, 11) is 1.46. The highest BCUT2D eigenvalue weighted by atomic mass is 16.5. The van der Waals surface area contributed by atoms with Gasteiger partial charge in [-0.25, -0.2) is 9.97 Å². The van der Waals surface area contributed by atoms with E-state index in [-0.39, 0.29) is 11.6 Å². The first-order valence-corrected chi connectivity index (χ1v) is 3.67. The summed E-state index contributed by atoms with van der Waals surface area (Å²) < 4.78 is 4.83. The third-order valence-electron chi connectivity index (χ3n) is 1.48. The number of aromatic nitrogens is 2. The number of carbonyl (C=O) groups is 1. The van der Waals surface area contributed by atoms with Crippen LogP contribution in [-0.2, 0) is 6.42 Å². The molecule has 0 aliphatic rings. The molecule has 0 atom stereocenters. The van der Waals surface area contributed by atoms with Crippen LogP contribution in [0.1, 0.15) is 23.1 Å². The van der Waals surface area contributed by atoms with Gasteiger partial charge in [0.05, 0.1) is 19.0 Å². The summed E-state index contributed by atoms with van der Waals surface area (Å²) in [5.74, 6) is 0.280. The van der Waals surface area contributed by atoms with Crippen molar-refractivity contribution < 1.29 is 9.53 Å². The van der Waals surface area contributed by atoms with Crippen LogP contribution in [-0.4, -0.2) is 23.4 Å². The van der Waals surface area contributed by atoms with E-state index in [1.54, 1.807) is 6.20 Å². The zero-order valence-corrected chi connectivity index (χ0v) is 7.07. The molecule has 1 heterocycles. The molecule has 1 aromatic heterocycles. The highest BCUT2D eigenvalue weighted by Crippen LogP contribution is 2.09. The summed E-state index contributed by atoms with van der Waals surface area (Å²) in [5.41, 5.74) is 1.05. The molecule has 0 aliphatic carbocycles. The number of ether oxygens (including phenoxy) is 1. The van der Waals surface area contributed by atoms with Crippen LogP contribution >= 0.6 is 0 Å². The number of methoxy groups -OCH3 is 1. The van der Waals surface area contributed by atoms with Gasteiger partial charge in [0, 0.05) is 0 Å². The topological polar surface area (TPSA) is 52.1 Å². The number of hydrogen-bond acceptors (Lipinski definition) is 4. The molecule has 0 saturated heterocycles. The molecule has 4 nitrogen and oxygen atoms in total. The van der Waals surface area contributed by atoms with Gasteiger partial charge >= 0.3 is 0 Å². The van der Waals surface area contributed by atoms with Crippen molar-refractivity contribution >= 4 is 6.29 Å². The summed E-state index contributed by atoms with van der Waals surface area (Å²) >= 11 is 0. The van der Waals surface area contributed by atoms with Gasteiger partial charge in [0.2, 0.25) is 5.88 Å². The summed E-state index contributed by atoms with van der Waals surface area (Å²) in [6.45, 7) is 1.95. The Morgan fingerprint density at radius 3 is 2.92 bits per heavy atom. The fourth-order valence-corrected chi connectivity index (χ4v) is 0.835. The van der Waals surface area contributed by atoms with Gasteiger partial charge in [-0.3, -0.25) is 4.79 Å². The molecule has 12 heavy (non-hydrogen) atoms. The van der Waals surface area contributed by atoms with Gasteiger partial charge in [0.25, 0.3) is 0 Å². The smallest absolute Gasteiger partial charge is 0.243 e. The minimum absolute atomic E-state index is 0.261. The number of aryl methyl sites for hydroxylation is 1. The van der Waals surface area contributed by atoms with Gasteiger partial charge in [-0.15, -0.1) is 0 Å². The average molecular weight is 166 g/mol. The van der Waals surface area contributed by atoms with Gasteiger partial charge in [0.1, 0.15) is 0 Å². The summed E-state index contributed by atoms with van der Waals surface area (Å²) in [4.78, 5) is 18.4. The molecule has 0 N–H and O–H groups in total. The van der Waals surface area contributed by atoms with Crippen molar-refractivity contribution in [3.63, 3.8) is 0 Å². The standard InChI is InChI=1S/C8H10N2O2/c1-3-6-4-9-8(12-2)7(5-11)10-6/h4-5H,3H2,1-2H3. The zero-order chi connectivity index (χ0) is 8.97. The fraction of sp³-hybridized carbons (Fsp3) is 0.375. The van der Waals surface area contributed by atoms with Crippen molar-refractivity contribution in [3.05, 3.63) is 17.6 Å². The highest BCUT2D eigenvalue weighted by molar-refractivity contribution is 5.75. The second-order valence-corrected chi connectivity index (χ2v) is 2.23. The Morgan fingerprint density at radius 2 is 2.42 bits per heavy atom. The van der Waals surface area contributed by atoms with Crippen molar-refractivity contribution in [3.8, 4) is 5.88 Å². The molecule has 1 aromatic rings. The lowest BCUT2D eigenvalue weighted by Crippen LogP contribution is -2.00. The summed E-state index contributed by atoms with van der Waals surface area (Å²) in [5, 5.41) is 0. The Bertz CT molecular complexity index is 286. The second kappa shape index (κ2) is 3.80. The second-order valence-electron chi connectivity index (χ2n) is 2.23. The first-order chi connectivity index (χ1) is 5.81. The van der Waals surface area contributed by atoms with Crippen molar-refractivity contribution in [1.82, 2.24) is 9.97 Å². The maximum Gasteiger partial charge on any atom is 0.243 e. The molecule has 0 bridgehead atoms. The van der Waals surface area contributed by atoms with Gasteiger partial charge < -0.3 is 4.74 Å². The van der Waals surface area contributed by atoms with Crippen LogP contribution in [0.4, 0.5) is 0 Å². The van der Waals surface area contributed by atoms with E-state index in [0.29, 0.717) is 6.29 Å². The van der Waals surface area contributed by atoms with E-state index in [2.05, 4.69) is 9.97 Å². The highest BCUT2D eigenvalue weighted by Gasteiger charge is 2.04. The third kappa shape index (κ3) is 1.58. The van der Waals surface area contributed by atoms with Gasteiger partial charge in [-0.05, 0) is 6.42 Å². The largest absolute Gasteiger partial charge is 0.479 e. The number of nitrogens with zero attached hydrogens (tertiary/aromatic N) is 2. The molecule has 0 spiro atoms. The van der Waals surface area contributed by atoms with Gasteiger partial charge in [-0.2, -0.15) is 0 Å². The zero-order valence-electron chi connectivity index (χ0n) is 7.07. The van der Waals surface area contributed by atoms with Crippen LogP contribution in [0.3, 0.4) is 0 Å². The fourth-order valence-electron chi connectivity index (χ4n) is 0.835. The minimum Gasteiger partial charge on any atom is -0.479 e. The number of hydrogen-bond donors (Lipinski definition) is 0. The Kier molecular flexibility index (Phi) is 2.74. The Hall–Kier alpha value is -1.45. The van der Waals surface area contributed by atoms with E-state index in [0.717, 1.165) is 12.1 Å². The van der Waals surface area contributed by atoms with Crippen LogP contribution in [0, 0.1) is 0 Å². The Labute approximate surface area is 70.6 Å². The molecule has 0 fully saturated rings. The van der Waals surface area contributed by atoms with E-state index in [4.69, 9.17) is 4.74 Å². The summed E-state index contributed by atoms with van der Waals surface area (Å²) in [6, 6.07) is 0. The molecule has 0 amide bonds. The van der Waals surface area contributed by atoms with Crippen LogP contribution in [0.25, 0.3) is 0 Å². The maximum absolute atomic E-state index is 10.5. The van der Waals surface area contributed by atoms with E-state index >= 15 is 0 Å². The van der Waals surface area contributed by atoms with Crippen LogP contribution in [0.5, 0.6) is 5.88 Å². The van der Waals surface area contributed by atoms with Crippen molar-refractivity contribution in [2.75, 3.05) is 7.11 Å².